The predicted molar refractivity (Wildman–Crippen MR) is 119 cm³/mol. The number of hydrogen-bond acceptors (Lipinski definition) is 7. The number of anilines is 3. The van der Waals surface area contributed by atoms with Crippen molar-refractivity contribution in [1.82, 2.24) is 15.0 Å². The molecule has 3 heterocycles. The first-order valence-corrected chi connectivity index (χ1v) is 9.63. The summed E-state index contributed by atoms with van der Waals surface area (Å²) in [5.74, 6) is -0.260. The lowest BCUT2D eigenvalue weighted by atomic mass is 10.0. The molecule has 9 heteroatoms. The van der Waals surface area contributed by atoms with E-state index in [9.17, 15) is 14.4 Å². The zero-order valence-corrected chi connectivity index (χ0v) is 17.0. The Morgan fingerprint density at radius 1 is 0.970 bits per heavy atom. The normalized spacial score (nSPS) is 10.0. The standard InChI is InChI=1S/C24H14FN7O/c25-21-5-2-4-19(20(21)12-27)16-9-18(14-28-13-16)31-24(33)15-7-8-29-23(10-15)32-22-6-1-3-17(11-26)30-22/h1-10,13-14H,(H,31,33)(H,29,30,32). The molecule has 0 spiro atoms. The Morgan fingerprint density at radius 2 is 1.82 bits per heavy atom. The molecule has 0 atom stereocenters. The molecule has 8 nitrogen and oxygen atoms in total. The van der Waals surface area contributed by atoms with Gasteiger partial charge in [0.05, 0.1) is 17.4 Å². The number of rotatable bonds is 5. The topological polar surface area (TPSA) is 127 Å². The lowest BCUT2D eigenvalue weighted by Gasteiger charge is -2.10. The summed E-state index contributed by atoms with van der Waals surface area (Å²) in [7, 11) is 0. The van der Waals surface area contributed by atoms with Gasteiger partial charge in [-0.3, -0.25) is 9.78 Å². The molecule has 0 saturated heterocycles. The summed E-state index contributed by atoms with van der Waals surface area (Å²) in [6, 6.07) is 17.8. The summed E-state index contributed by atoms with van der Waals surface area (Å²) in [5, 5.41) is 23.9. The number of hydrogen-bond donors (Lipinski definition) is 2. The Morgan fingerprint density at radius 3 is 2.64 bits per heavy atom. The first kappa shape index (κ1) is 21.1. The minimum atomic E-state index is -0.629. The number of carbonyl (C=O) groups excluding carboxylic acids is 1. The molecular weight excluding hydrogens is 421 g/mol. The van der Waals surface area contributed by atoms with Gasteiger partial charge in [0.25, 0.3) is 5.91 Å². The minimum absolute atomic E-state index is 0.0956. The van der Waals surface area contributed by atoms with Crippen LogP contribution in [0.25, 0.3) is 11.1 Å². The number of pyridine rings is 3. The van der Waals surface area contributed by atoms with Crippen LogP contribution in [0.2, 0.25) is 0 Å². The molecule has 4 rings (SSSR count). The van der Waals surface area contributed by atoms with Crippen LogP contribution in [0.15, 0.2) is 73.2 Å². The second-order valence-electron chi connectivity index (χ2n) is 6.77. The zero-order valence-electron chi connectivity index (χ0n) is 17.0. The molecule has 0 aliphatic carbocycles. The van der Waals surface area contributed by atoms with Crippen LogP contribution in [-0.2, 0) is 0 Å². The van der Waals surface area contributed by atoms with Crippen LogP contribution in [0, 0.1) is 28.5 Å². The monoisotopic (exact) mass is 435 g/mol. The average Bonchev–Trinajstić information content (AvgIpc) is 2.84. The first-order chi connectivity index (χ1) is 16.1. The van der Waals surface area contributed by atoms with Gasteiger partial charge in [-0.05, 0) is 36.4 Å². The zero-order chi connectivity index (χ0) is 23.2. The average molecular weight is 435 g/mol. The summed E-state index contributed by atoms with van der Waals surface area (Å²) in [4.78, 5) is 25.2. The van der Waals surface area contributed by atoms with E-state index >= 15 is 0 Å². The number of benzene rings is 1. The Kier molecular flexibility index (Phi) is 5.97. The van der Waals surface area contributed by atoms with Crippen molar-refractivity contribution in [2.24, 2.45) is 0 Å². The van der Waals surface area contributed by atoms with E-state index in [2.05, 4.69) is 25.6 Å². The molecule has 0 radical (unpaired) electrons. The molecule has 0 aliphatic heterocycles. The summed E-state index contributed by atoms with van der Waals surface area (Å²) in [6.45, 7) is 0. The van der Waals surface area contributed by atoms with Gasteiger partial charge in [-0.1, -0.05) is 18.2 Å². The summed E-state index contributed by atoms with van der Waals surface area (Å²) in [6.07, 6.45) is 4.40. The van der Waals surface area contributed by atoms with Gasteiger partial charge in [-0.15, -0.1) is 0 Å². The van der Waals surface area contributed by atoms with Crippen LogP contribution in [0.4, 0.5) is 21.7 Å². The summed E-state index contributed by atoms with van der Waals surface area (Å²) in [5.41, 5.74) is 1.71. The second kappa shape index (κ2) is 9.33. The maximum absolute atomic E-state index is 14.0. The van der Waals surface area contributed by atoms with Crippen molar-refractivity contribution in [2.45, 2.75) is 0 Å². The van der Waals surface area contributed by atoms with Crippen LogP contribution in [0.5, 0.6) is 0 Å². The highest BCUT2D eigenvalue weighted by molar-refractivity contribution is 6.04. The van der Waals surface area contributed by atoms with Crippen molar-refractivity contribution in [3.63, 3.8) is 0 Å². The van der Waals surface area contributed by atoms with Crippen LogP contribution in [0.3, 0.4) is 0 Å². The quantitative estimate of drug-likeness (QED) is 0.475. The van der Waals surface area contributed by atoms with E-state index in [-0.39, 0.29) is 11.3 Å². The first-order valence-electron chi connectivity index (χ1n) is 9.63. The third-order valence-corrected chi connectivity index (χ3v) is 4.57. The number of amides is 1. The predicted octanol–water partition coefficient (Wildman–Crippen LogP) is 4.42. The number of halogens is 1. The van der Waals surface area contributed by atoms with E-state index < -0.39 is 11.7 Å². The molecule has 33 heavy (non-hydrogen) atoms. The van der Waals surface area contributed by atoms with Crippen molar-refractivity contribution >= 4 is 23.2 Å². The lowest BCUT2D eigenvalue weighted by molar-refractivity contribution is 0.102. The number of nitrogens with one attached hydrogen (secondary N) is 2. The van der Waals surface area contributed by atoms with E-state index in [0.29, 0.717) is 34.0 Å². The van der Waals surface area contributed by atoms with Crippen LogP contribution >= 0.6 is 0 Å². The van der Waals surface area contributed by atoms with Gasteiger partial charge in [0.15, 0.2) is 0 Å². The van der Waals surface area contributed by atoms with Gasteiger partial charge in [0.2, 0.25) is 0 Å². The van der Waals surface area contributed by atoms with Crippen molar-refractivity contribution in [3.8, 4) is 23.3 Å². The number of nitrogens with zero attached hydrogens (tertiary/aromatic N) is 5. The van der Waals surface area contributed by atoms with E-state index in [1.807, 2.05) is 12.1 Å². The molecular formula is C24H14FN7O. The van der Waals surface area contributed by atoms with E-state index in [4.69, 9.17) is 5.26 Å². The van der Waals surface area contributed by atoms with Crippen LogP contribution < -0.4 is 10.6 Å². The van der Waals surface area contributed by atoms with Gasteiger partial charge in [0, 0.05) is 29.1 Å². The van der Waals surface area contributed by atoms with Crippen LogP contribution in [0.1, 0.15) is 21.6 Å². The maximum Gasteiger partial charge on any atom is 0.255 e. The summed E-state index contributed by atoms with van der Waals surface area (Å²) >= 11 is 0. The molecule has 1 amide bonds. The third-order valence-electron chi connectivity index (χ3n) is 4.57. The fourth-order valence-corrected chi connectivity index (χ4v) is 3.08. The molecule has 0 aliphatic rings. The number of nitriles is 2. The molecule has 0 bridgehead atoms. The molecule has 0 saturated carbocycles. The highest BCUT2D eigenvalue weighted by Gasteiger charge is 2.13. The molecule has 0 unspecified atom stereocenters. The number of aromatic nitrogens is 3. The molecule has 2 N–H and O–H groups in total. The smallest absolute Gasteiger partial charge is 0.255 e. The van der Waals surface area contributed by atoms with E-state index in [1.165, 1.54) is 42.9 Å². The second-order valence-corrected chi connectivity index (χ2v) is 6.77. The Labute approximate surface area is 188 Å². The Bertz CT molecular complexity index is 1440. The Hall–Kier alpha value is -5.15. The van der Waals surface area contributed by atoms with Gasteiger partial charge in [-0.2, -0.15) is 10.5 Å². The molecule has 1 aromatic carbocycles. The fraction of sp³-hybridized carbons (Fsp3) is 0. The van der Waals surface area contributed by atoms with Crippen molar-refractivity contribution in [2.75, 3.05) is 10.6 Å². The highest BCUT2D eigenvalue weighted by Crippen LogP contribution is 2.27. The maximum atomic E-state index is 14.0. The van der Waals surface area contributed by atoms with Gasteiger partial charge in [0.1, 0.15) is 35.3 Å². The fourth-order valence-electron chi connectivity index (χ4n) is 3.08. The van der Waals surface area contributed by atoms with E-state index in [1.54, 1.807) is 30.3 Å². The van der Waals surface area contributed by atoms with Gasteiger partial charge in [-0.25, -0.2) is 14.4 Å². The van der Waals surface area contributed by atoms with Crippen LogP contribution in [-0.4, -0.2) is 20.9 Å². The van der Waals surface area contributed by atoms with Gasteiger partial charge < -0.3 is 10.6 Å². The largest absolute Gasteiger partial charge is 0.325 e. The van der Waals surface area contributed by atoms with E-state index in [0.717, 1.165) is 0 Å². The van der Waals surface area contributed by atoms with Crippen molar-refractivity contribution in [1.29, 1.82) is 10.5 Å². The molecule has 158 valence electrons. The van der Waals surface area contributed by atoms with Gasteiger partial charge >= 0.3 is 0 Å². The summed E-state index contributed by atoms with van der Waals surface area (Å²) < 4.78 is 14.0. The molecule has 3 aromatic heterocycles. The SMILES string of the molecule is N#Cc1cccc(Nc2cc(C(=O)Nc3cncc(-c4cccc(F)c4C#N)c3)ccn2)n1. The number of carbonyl (C=O) groups is 1. The molecule has 0 fully saturated rings. The highest BCUT2D eigenvalue weighted by atomic mass is 19.1. The van der Waals surface area contributed by atoms with Crippen molar-refractivity contribution < 1.29 is 9.18 Å². The Balaban J connectivity index is 1.54. The molecule has 4 aromatic rings. The van der Waals surface area contributed by atoms with Crippen molar-refractivity contribution in [3.05, 3.63) is 95.8 Å². The minimum Gasteiger partial charge on any atom is -0.325 e. The lowest BCUT2D eigenvalue weighted by Crippen LogP contribution is -2.12. The third kappa shape index (κ3) is 4.79.